The van der Waals surface area contributed by atoms with Crippen molar-refractivity contribution in [2.45, 2.75) is 13.8 Å². The first-order valence-electron chi connectivity index (χ1n) is 9.93. The van der Waals surface area contributed by atoms with E-state index < -0.39 is 4.92 Å². The van der Waals surface area contributed by atoms with E-state index in [4.69, 9.17) is 4.74 Å². The van der Waals surface area contributed by atoms with Crippen LogP contribution < -0.4 is 14.5 Å². The van der Waals surface area contributed by atoms with Crippen molar-refractivity contribution in [3.63, 3.8) is 0 Å². The Balaban J connectivity index is 1.59. The molecule has 2 aromatic carbocycles. The molecule has 0 spiro atoms. The number of para-hydroxylation sites is 1. The third-order valence-electron chi connectivity index (χ3n) is 5.49. The first kappa shape index (κ1) is 20.5. The number of rotatable bonds is 5. The highest BCUT2D eigenvalue weighted by atomic mass is 19.1. The molecule has 1 aromatic heterocycles. The molecule has 160 valence electrons. The lowest BCUT2D eigenvalue weighted by molar-refractivity contribution is -0.385. The quantitative estimate of drug-likeness (QED) is 0.448. The maximum atomic E-state index is 14.1. The van der Waals surface area contributed by atoms with Gasteiger partial charge in [-0.2, -0.15) is 4.98 Å². The maximum absolute atomic E-state index is 14.1. The summed E-state index contributed by atoms with van der Waals surface area (Å²) in [6.45, 7) is 5.76. The Hall–Kier alpha value is -3.75. The van der Waals surface area contributed by atoms with Gasteiger partial charge in [0.2, 0.25) is 5.82 Å². The Bertz CT molecular complexity index is 1120. The average Bonchev–Trinajstić information content (AvgIpc) is 2.77. The fourth-order valence-electron chi connectivity index (χ4n) is 3.63. The number of hydrogen-bond donors (Lipinski definition) is 0. The first-order valence-corrected chi connectivity index (χ1v) is 9.93. The second-order valence-electron chi connectivity index (χ2n) is 7.33. The van der Waals surface area contributed by atoms with Gasteiger partial charge in [0.25, 0.3) is 0 Å². The lowest BCUT2D eigenvalue weighted by Crippen LogP contribution is -2.47. The summed E-state index contributed by atoms with van der Waals surface area (Å²) in [5, 5.41) is 11.9. The highest BCUT2D eigenvalue weighted by Crippen LogP contribution is 2.37. The van der Waals surface area contributed by atoms with Crippen LogP contribution in [0.4, 0.5) is 21.6 Å². The minimum atomic E-state index is -0.515. The topological polar surface area (TPSA) is 84.6 Å². The van der Waals surface area contributed by atoms with E-state index in [1.165, 1.54) is 12.4 Å². The summed E-state index contributed by atoms with van der Waals surface area (Å²) in [4.78, 5) is 23.4. The summed E-state index contributed by atoms with van der Waals surface area (Å²) in [7, 11) is 0. The van der Waals surface area contributed by atoms with Crippen LogP contribution in [0.3, 0.4) is 0 Å². The summed E-state index contributed by atoms with van der Waals surface area (Å²) in [5.41, 5.74) is 2.15. The molecule has 1 saturated heterocycles. The monoisotopic (exact) mass is 423 g/mol. The maximum Gasteiger partial charge on any atom is 0.373 e. The van der Waals surface area contributed by atoms with Crippen LogP contribution in [0.25, 0.3) is 0 Å². The normalized spacial score (nSPS) is 13.9. The molecule has 3 aromatic rings. The van der Waals surface area contributed by atoms with Crippen molar-refractivity contribution in [3.8, 4) is 11.6 Å². The van der Waals surface area contributed by atoms with Crippen LogP contribution in [-0.2, 0) is 0 Å². The second kappa shape index (κ2) is 8.55. The number of nitro groups is 1. The third kappa shape index (κ3) is 4.11. The summed E-state index contributed by atoms with van der Waals surface area (Å²) in [5.74, 6) is 0.332. The van der Waals surface area contributed by atoms with Crippen LogP contribution in [0.15, 0.2) is 48.8 Å². The fraction of sp³-hybridized carbons (Fsp3) is 0.273. The van der Waals surface area contributed by atoms with Gasteiger partial charge in [0.15, 0.2) is 0 Å². The minimum Gasteiger partial charge on any atom is -0.433 e. The van der Waals surface area contributed by atoms with Crippen molar-refractivity contribution in [1.82, 2.24) is 9.97 Å². The summed E-state index contributed by atoms with van der Waals surface area (Å²) in [6, 6.07) is 12.1. The van der Waals surface area contributed by atoms with Crippen LogP contribution in [-0.4, -0.2) is 41.1 Å². The van der Waals surface area contributed by atoms with Gasteiger partial charge in [0.05, 0.1) is 10.6 Å². The number of benzene rings is 2. The second-order valence-corrected chi connectivity index (χ2v) is 7.33. The highest BCUT2D eigenvalue weighted by molar-refractivity contribution is 5.64. The highest BCUT2D eigenvalue weighted by Gasteiger charge is 2.31. The molecular weight excluding hydrogens is 401 g/mol. The summed E-state index contributed by atoms with van der Waals surface area (Å²) < 4.78 is 19.9. The smallest absolute Gasteiger partial charge is 0.373 e. The Morgan fingerprint density at radius 3 is 2.42 bits per heavy atom. The largest absolute Gasteiger partial charge is 0.433 e. The van der Waals surface area contributed by atoms with Gasteiger partial charge >= 0.3 is 11.6 Å². The van der Waals surface area contributed by atoms with Gasteiger partial charge in [-0.3, -0.25) is 10.1 Å². The summed E-state index contributed by atoms with van der Waals surface area (Å²) >= 11 is 0. The number of aromatic nitrogens is 2. The number of aryl methyl sites for hydroxylation is 1. The molecule has 0 bridgehead atoms. The number of nitrogens with zero attached hydrogens (tertiary/aromatic N) is 5. The zero-order valence-electron chi connectivity index (χ0n) is 17.3. The van der Waals surface area contributed by atoms with Crippen LogP contribution in [0.2, 0.25) is 0 Å². The summed E-state index contributed by atoms with van der Waals surface area (Å²) in [6.07, 6.45) is 1.27. The van der Waals surface area contributed by atoms with E-state index >= 15 is 0 Å². The standard InChI is InChI=1S/C22H22FN5O3/c1-15-6-5-9-19(16(15)2)31-22-20(28(29)30)21(24-14-25-22)27-12-10-26(11-13-27)18-8-4-3-7-17(18)23/h3-9,14H,10-13H2,1-2H3. The molecule has 0 atom stereocenters. The molecule has 1 aliphatic heterocycles. The SMILES string of the molecule is Cc1cccc(Oc2ncnc(N3CCN(c4ccccc4F)CC3)c2[N+](=O)[O-])c1C. The van der Waals surface area contributed by atoms with Gasteiger partial charge in [-0.05, 0) is 43.2 Å². The Kier molecular flexibility index (Phi) is 5.66. The predicted octanol–water partition coefficient (Wildman–Crippen LogP) is 4.26. The van der Waals surface area contributed by atoms with Gasteiger partial charge in [-0.15, -0.1) is 0 Å². The van der Waals surface area contributed by atoms with Gasteiger partial charge in [0.1, 0.15) is 17.9 Å². The number of anilines is 2. The van der Waals surface area contributed by atoms with Crippen LogP contribution in [0, 0.1) is 29.8 Å². The van der Waals surface area contributed by atoms with Crippen molar-refractivity contribution in [2.24, 2.45) is 0 Å². The molecule has 8 nitrogen and oxygen atoms in total. The van der Waals surface area contributed by atoms with Crippen molar-refractivity contribution >= 4 is 17.2 Å². The van der Waals surface area contributed by atoms with Crippen molar-refractivity contribution in [2.75, 3.05) is 36.0 Å². The molecule has 31 heavy (non-hydrogen) atoms. The van der Waals surface area contributed by atoms with E-state index in [2.05, 4.69) is 9.97 Å². The number of piperazine rings is 1. The molecule has 4 rings (SSSR count). The molecule has 1 fully saturated rings. The van der Waals surface area contributed by atoms with Gasteiger partial charge < -0.3 is 14.5 Å². The molecule has 0 N–H and O–H groups in total. The zero-order chi connectivity index (χ0) is 22.0. The number of halogens is 1. The van der Waals surface area contributed by atoms with E-state index in [0.29, 0.717) is 37.6 Å². The molecule has 0 amide bonds. The molecule has 0 unspecified atom stereocenters. The predicted molar refractivity (Wildman–Crippen MR) is 116 cm³/mol. The van der Waals surface area contributed by atoms with E-state index in [1.807, 2.05) is 35.8 Å². The molecule has 1 aliphatic rings. The van der Waals surface area contributed by atoms with Gasteiger partial charge in [0, 0.05) is 26.2 Å². The number of ether oxygens (including phenoxy) is 1. The molecule has 9 heteroatoms. The van der Waals surface area contributed by atoms with E-state index in [-0.39, 0.29) is 23.2 Å². The molecule has 0 aliphatic carbocycles. The Labute approximate surface area is 179 Å². The van der Waals surface area contributed by atoms with Crippen LogP contribution in [0.1, 0.15) is 11.1 Å². The van der Waals surface area contributed by atoms with Crippen molar-refractivity contribution in [3.05, 3.63) is 75.9 Å². The van der Waals surface area contributed by atoms with E-state index in [0.717, 1.165) is 11.1 Å². The lowest BCUT2D eigenvalue weighted by atomic mass is 10.1. The Morgan fingerprint density at radius 1 is 1.00 bits per heavy atom. The zero-order valence-corrected chi connectivity index (χ0v) is 17.3. The fourth-order valence-corrected chi connectivity index (χ4v) is 3.63. The van der Waals surface area contributed by atoms with E-state index in [9.17, 15) is 14.5 Å². The number of hydrogen-bond acceptors (Lipinski definition) is 7. The minimum absolute atomic E-state index is 0.0970. The lowest BCUT2D eigenvalue weighted by Gasteiger charge is -2.36. The van der Waals surface area contributed by atoms with Crippen molar-refractivity contribution in [1.29, 1.82) is 0 Å². The first-order chi connectivity index (χ1) is 15.0. The Morgan fingerprint density at radius 2 is 1.71 bits per heavy atom. The van der Waals surface area contributed by atoms with Crippen LogP contribution >= 0.6 is 0 Å². The molecule has 0 radical (unpaired) electrons. The van der Waals surface area contributed by atoms with Gasteiger partial charge in [-0.1, -0.05) is 24.3 Å². The molecule has 2 heterocycles. The molecule has 0 saturated carbocycles. The van der Waals surface area contributed by atoms with E-state index in [1.54, 1.807) is 24.3 Å². The average molecular weight is 423 g/mol. The van der Waals surface area contributed by atoms with Gasteiger partial charge in [-0.25, -0.2) is 9.37 Å². The van der Waals surface area contributed by atoms with Crippen LogP contribution in [0.5, 0.6) is 11.6 Å². The molecular formula is C22H22FN5O3. The third-order valence-corrected chi connectivity index (χ3v) is 5.49. The van der Waals surface area contributed by atoms with Crippen molar-refractivity contribution < 1.29 is 14.1 Å².